The van der Waals surface area contributed by atoms with Gasteiger partial charge in [-0.1, -0.05) is 24.3 Å². The van der Waals surface area contributed by atoms with Crippen LogP contribution in [0.1, 0.15) is 36.0 Å². The first kappa shape index (κ1) is 17.2. The number of ketones is 1. The van der Waals surface area contributed by atoms with E-state index in [0.29, 0.717) is 12.8 Å². The summed E-state index contributed by atoms with van der Waals surface area (Å²) in [6, 6.07) is 6.08. The molecule has 0 radical (unpaired) electrons. The summed E-state index contributed by atoms with van der Waals surface area (Å²) in [6.07, 6.45) is 1.15. The number of rotatable bonds is 2. The summed E-state index contributed by atoms with van der Waals surface area (Å²) in [5, 5.41) is 28.9. The fourth-order valence-corrected chi connectivity index (χ4v) is 2.39. The average molecular weight is 320 g/mol. The number of esters is 1. The van der Waals surface area contributed by atoms with E-state index in [1.165, 1.54) is 18.2 Å². The van der Waals surface area contributed by atoms with Crippen molar-refractivity contribution >= 4 is 11.8 Å². The maximum atomic E-state index is 12.1. The Morgan fingerprint density at radius 1 is 1.17 bits per heavy atom. The SMILES string of the molecule is O=C(OC1CCC=CC(O)C(O)C(=O)CC1)c1ccccc1O. The van der Waals surface area contributed by atoms with Crippen LogP contribution in [-0.2, 0) is 9.53 Å². The lowest BCUT2D eigenvalue weighted by molar-refractivity contribution is -0.131. The summed E-state index contributed by atoms with van der Waals surface area (Å²) >= 11 is 0. The highest BCUT2D eigenvalue weighted by molar-refractivity contribution is 5.92. The van der Waals surface area contributed by atoms with Gasteiger partial charge in [0.15, 0.2) is 5.78 Å². The smallest absolute Gasteiger partial charge is 0.342 e. The zero-order chi connectivity index (χ0) is 16.8. The summed E-state index contributed by atoms with van der Waals surface area (Å²) in [5.41, 5.74) is 0.0712. The summed E-state index contributed by atoms with van der Waals surface area (Å²) < 4.78 is 5.37. The molecule has 1 aliphatic carbocycles. The third-order valence-electron chi connectivity index (χ3n) is 3.75. The Bertz CT molecular complexity index is 595. The van der Waals surface area contributed by atoms with Gasteiger partial charge in [0, 0.05) is 6.42 Å². The van der Waals surface area contributed by atoms with E-state index in [4.69, 9.17) is 4.74 Å². The van der Waals surface area contributed by atoms with Gasteiger partial charge in [-0.15, -0.1) is 0 Å². The molecule has 6 nitrogen and oxygen atoms in total. The van der Waals surface area contributed by atoms with Gasteiger partial charge in [0.1, 0.15) is 29.6 Å². The molecule has 3 atom stereocenters. The molecule has 0 heterocycles. The number of hydrogen-bond donors (Lipinski definition) is 3. The van der Waals surface area contributed by atoms with Gasteiger partial charge in [-0.2, -0.15) is 0 Å². The van der Waals surface area contributed by atoms with E-state index < -0.39 is 30.1 Å². The normalized spacial score (nSPS) is 25.8. The summed E-state index contributed by atoms with van der Waals surface area (Å²) in [4.78, 5) is 23.9. The Labute approximate surface area is 134 Å². The number of hydrogen-bond acceptors (Lipinski definition) is 6. The van der Waals surface area contributed by atoms with Crippen molar-refractivity contribution in [3.8, 4) is 5.75 Å². The van der Waals surface area contributed by atoms with Gasteiger partial charge in [0.25, 0.3) is 0 Å². The quantitative estimate of drug-likeness (QED) is 0.561. The minimum absolute atomic E-state index is 0.00475. The Hall–Kier alpha value is -2.18. The van der Waals surface area contributed by atoms with Crippen LogP contribution in [-0.4, -0.2) is 45.4 Å². The van der Waals surface area contributed by atoms with E-state index in [2.05, 4.69) is 0 Å². The molecule has 0 saturated heterocycles. The second-order valence-electron chi connectivity index (χ2n) is 5.49. The van der Waals surface area contributed by atoms with Crippen LogP contribution in [0.25, 0.3) is 0 Å². The number of ether oxygens (including phenoxy) is 1. The Morgan fingerprint density at radius 3 is 2.65 bits per heavy atom. The van der Waals surface area contributed by atoms with E-state index in [1.54, 1.807) is 18.2 Å². The van der Waals surface area contributed by atoms with Gasteiger partial charge in [0.05, 0.1) is 0 Å². The molecular formula is C17H20O6. The monoisotopic (exact) mass is 320 g/mol. The third kappa shape index (κ3) is 4.64. The molecule has 0 saturated carbocycles. The van der Waals surface area contributed by atoms with Crippen molar-refractivity contribution in [2.45, 2.75) is 44.0 Å². The fourth-order valence-electron chi connectivity index (χ4n) is 2.39. The van der Waals surface area contributed by atoms with Crippen molar-refractivity contribution in [3.63, 3.8) is 0 Å². The van der Waals surface area contributed by atoms with Crippen LogP contribution in [0.5, 0.6) is 5.75 Å². The number of Topliss-reactive ketones (excluding diaryl/α,β-unsaturated/α-hetero) is 1. The highest BCUT2D eigenvalue weighted by Gasteiger charge is 2.25. The second-order valence-corrected chi connectivity index (χ2v) is 5.49. The van der Waals surface area contributed by atoms with Gasteiger partial charge in [0.2, 0.25) is 0 Å². The first-order chi connectivity index (χ1) is 11.0. The van der Waals surface area contributed by atoms with Crippen molar-refractivity contribution in [3.05, 3.63) is 42.0 Å². The Morgan fingerprint density at radius 2 is 1.91 bits per heavy atom. The number of allylic oxidation sites excluding steroid dienone is 1. The molecule has 1 aliphatic rings. The number of aromatic hydroxyl groups is 1. The van der Waals surface area contributed by atoms with Crippen molar-refractivity contribution in [2.24, 2.45) is 0 Å². The van der Waals surface area contributed by atoms with Crippen LogP contribution in [0.4, 0.5) is 0 Å². The van der Waals surface area contributed by atoms with E-state index in [-0.39, 0.29) is 24.2 Å². The summed E-state index contributed by atoms with van der Waals surface area (Å²) in [5.74, 6) is -1.30. The van der Waals surface area contributed by atoms with Gasteiger partial charge in [-0.05, 0) is 31.4 Å². The van der Waals surface area contributed by atoms with Crippen molar-refractivity contribution in [1.29, 1.82) is 0 Å². The van der Waals surface area contributed by atoms with Gasteiger partial charge in [-0.3, -0.25) is 4.79 Å². The molecule has 0 aliphatic heterocycles. The van der Waals surface area contributed by atoms with Crippen molar-refractivity contribution in [2.75, 3.05) is 0 Å². The molecular weight excluding hydrogens is 300 g/mol. The van der Waals surface area contributed by atoms with Crippen LogP contribution >= 0.6 is 0 Å². The van der Waals surface area contributed by atoms with Gasteiger partial charge >= 0.3 is 5.97 Å². The molecule has 23 heavy (non-hydrogen) atoms. The van der Waals surface area contributed by atoms with E-state index in [9.17, 15) is 24.9 Å². The third-order valence-corrected chi connectivity index (χ3v) is 3.75. The number of aliphatic hydroxyl groups excluding tert-OH is 2. The molecule has 1 aromatic carbocycles. The lowest BCUT2D eigenvalue weighted by Gasteiger charge is -2.20. The standard InChI is InChI=1S/C17H20O6/c18-13-7-4-2-6-12(13)17(22)23-11-5-1-3-8-14(19)16(21)15(20)10-9-11/h2-4,6-8,11,14,16,18-19,21H,1,5,9-10H2. The Balaban J connectivity index is 2.04. The average Bonchev–Trinajstić information content (AvgIpc) is 2.54. The molecule has 0 bridgehead atoms. The summed E-state index contributed by atoms with van der Waals surface area (Å²) in [6.45, 7) is 0. The molecule has 2 rings (SSSR count). The highest BCUT2D eigenvalue weighted by atomic mass is 16.5. The van der Waals surface area contributed by atoms with Gasteiger partial charge in [-0.25, -0.2) is 4.79 Å². The van der Waals surface area contributed by atoms with Crippen LogP contribution in [0.15, 0.2) is 36.4 Å². The summed E-state index contributed by atoms with van der Waals surface area (Å²) in [7, 11) is 0. The molecule has 0 spiro atoms. The lowest BCUT2D eigenvalue weighted by atomic mass is 9.98. The topological polar surface area (TPSA) is 104 Å². The van der Waals surface area contributed by atoms with Crippen LogP contribution in [0.3, 0.4) is 0 Å². The highest BCUT2D eigenvalue weighted by Crippen LogP contribution is 2.21. The van der Waals surface area contributed by atoms with Gasteiger partial charge < -0.3 is 20.1 Å². The first-order valence-corrected chi connectivity index (χ1v) is 7.53. The maximum absolute atomic E-state index is 12.1. The number of benzene rings is 1. The molecule has 0 amide bonds. The van der Waals surface area contributed by atoms with Crippen LogP contribution in [0, 0.1) is 0 Å². The number of carbonyl (C=O) groups excluding carboxylic acids is 2. The molecule has 124 valence electrons. The largest absolute Gasteiger partial charge is 0.507 e. The lowest BCUT2D eigenvalue weighted by Crippen LogP contribution is -2.33. The van der Waals surface area contributed by atoms with Crippen molar-refractivity contribution in [1.82, 2.24) is 0 Å². The van der Waals surface area contributed by atoms with Crippen LogP contribution in [0.2, 0.25) is 0 Å². The molecule has 0 fully saturated rings. The first-order valence-electron chi connectivity index (χ1n) is 7.53. The van der Waals surface area contributed by atoms with E-state index in [1.807, 2.05) is 0 Å². The molecule has 1 aromatic rings. The fraction of sp³-hybridized carbons (Fsp3) is 0.412. The number of para-hydroxylation sites is 1. The zero-order valence-corrected chi connectivity index (χ0v) is 12.6. The second kappa shape index (κ2) is 7.89. The maximum Gasteiger partial charge on any atom is 0.342 e. The number of phenols is 1. The van der Waals surface area contributed by atoms with E-state index >= 15 is 0 Å². The van der Waals surface area contributed by atoms with Crippen LogP contribution < -0.4 is 0 Å². The number of aliphatic hydroxyl groups is 2. The molecule has 6 heteroatoms. The minimum atomic E-state index is -1.46. The predicted octanol–water partition coefficient (Wildman–Crippen LogP) is 1.34. The van der Waals surface area contributed by atoms with E-state index in [0.717, 1.165) is 0 Å². The minimum Gasteiger partial charge on any atom is -0.507 e. The number of phenolic OH excluding ortho intramolecular Hbond substituents is 1. The predicted molar refractivity (Wildman–Crippen MR) is 81.9 cm³/mol. The zero-order valence-electron chi connectivity index (χ0n) is 12.6. The molecule has 3 N–H and O–H groups in total. The molecule has 0 aromatic heterocycles. The number of carbonyl (C=O) groups is 2. The molecule has 3 unspecified atom stereocenters. The van der Waals surface area contributed by atoms with Crippen molar-refractivity contribution < 1.29 is 29.6 Å². The Kier molecular flexibility index (Phi) is 5.90.